The van der Waals surface area contributed by atoms with Gasteiger partial charge in [0.25, 0.3) is 5.91 Å². The van der Waals surface area contributed by atoms with Crippen LogP contribution in [0.3, 0.4) is 0 Å². The number of aryl methyl sites for hydroxylation is 1. The van der Waals surface area contributed by atoms with Crippen molar-refractivity contribution in [2.75, 3.05) is 23.8 Å². The number of nitrogens with two attached hydrogens (primary N) is 1. The number of anilines is 2. The summed E-state index contributed by atoms with van der Waals surface area (Å²) in [6.45, 7) is 3.11. The molecule has 0 saturated carbocycles. The van der Waals surface area contributed by atoms with Gasteiger partial charge in [-0.15, -0.1) is 0 Å². The standard InChI is InChI=1S/C23H22FN7O/c1-13-18(31-9-4-7-16(20(25)32)23(31)27-13)22-28-17-8-10-30(2)19(17)21(29-22)26-12-14-5-3-6-15(24)11-14/h3-7,9,11H,8,10,12H2,1-2H3,(H2,25,32)(H,26,28,29). The number of pyridine rings is 1. The number of nitrogens with zero attached hydrogens (tertiary/aromatic N) is 5. The van der Waals surface area contributed by atoms with Gasteiger partial charge in [-0.3, -0.25) is 9.20 Å². The van der Waals surface area contributed by atoms with E-state index in [0.717, 1.165) is 29.9 Å². The Morgan fingerprint density at radius 3 is 2.84 bits per heavy atom. The van der Waals surface area contributed by atoms with Crippen LogP contribution < -0.4 is 16.0 Å². The van der Waals surface area contributed by atoms with Crippen molar-refractivity contribution in [3.63, 3.8) is 0 Å². The monoisotopic (exact) mass is 431 g/mol. The van der Waals surface area contributed by atoms with E-state index in [0.29, 0.717) is 40.8 Å². The fraction of sp³-hybridized carbons (Fsp3) is 0.217. The Bertz CT molecular complexity index is 1360. The van der Waals surface area contributed by atoms with Crippen molar-refractivity contribution in [3.8, 4) is 11.5 Å². The molecule has 9 heteroatoms. The van der Waals surface area contributed by atoms with Crippen molar-refractivity contribution in [2.24, 2.45) is 5.73 Å². The van der Waals surface area contributed by atoms with E-state index in [9.17, 15) is 9.18 Å². The third-order valence-corrected chi connectivity index (χ3v) is 5.67. The molecule has 4 heterocycles. The highest BCUT2D eigenvalue weighted by atomic mass is 19.1. The second-order valence-corrected chi connectivity index (χ2v) is 7.87. The molecule has 1 aliphatic heterocycles. The average Bonchev–Trinajstić information content (AvgIpc) is 3.30. The molecule has 1 amide bonds. The zero-order valence-electron chi connectivity index (χ0n) is 17.8. The summed E-state index contributed by atoms with van der Waals surface area (Å²) in [6, 6.07) is 9.87. The Morgan fingerprint density at radius 2 is 2.06 bits per heavy atom. The number of rotatable bonds is 5. The molecule has 3 N–H and O–H groups in total. The number of halogens is 1. The number of hydrogen-bond acceptors (Lipinski definition) is 6. The second-order valence-electron chi connectivity index (χ2n) is 7.87. The Hall–Kier alpha value is -4.01. The summed E-state index contributed by atoms with van der Waals surface area (Å²) in [7, 11) is 2.00. The van der Waals surface area contributed by atoms with Crippen molar-refractivity contribution in [1.82, 2.24) is 19.4 Å². The number of fused-ring (bicyclic) bond motifs is 2. The molecule has 32 heavy (non-hydrogen) atoms. The minimum atomic E-state index is -0.541. The molecule has 3 aromatic heterocycles. The van der Waals surface area contributed by atoms with Gasteiger partial charge < -0.3 is 16.0 Å². The summed E-state index contributed by atoms with van der Waals surface area (Å²) in [6.07, 6.45) is 2.61. The average molecular weight is 431 g/mol. The first-order valence-electron chi connectivity index (χ1n) is 10.3. The molecule has 162 valence electrons. The molecule has 8 nitrogen and oxygen atoms in total. The summed E-state index contributed by atoms with van der Waals surface area (Å²) >= 11 is 0. The highest BCUT2D eigenvalue weighted by Crippen LogP contribution is 2.35. The van der Waals surface area contributed by atoms with Gasteiger partial charge in [0.2, 0.25) is 0 Å². The number of likely N-dealkylation sites (N-methyl/N-ethyl adjacent to an activating group) is 1. The molecule has 1 aromatic carbocycles. The number of carbonyl (C=O) groups is 1. The molecule has 0 bridgehead atoms. The van der Waals surface area contributed by atoms with Crippen LogP contribution in [0, 0.1) is 12.7 Å². The van der Waals surface area contributed by atoms with Gasteiger partial charge in [0.1, 0.15) is 22.8 Å². The van der Waals surface area contributed by atoms with Crippen LogP contribution in [0.1, 0.15) is 27.3 Å². The summed E-state index contributed by atoms with van der Waals surface area (Å²) in [5.41, 5.74) is 10.4. The molecule has 4 aromatic rings. The lowest BCUT2D eigenvalue weighted by Gasteiger charge is -2.18. The van der Waals surface area contributed by atoms with Gasteiger partial charge in [-0.2, -0.15) is 0 Å². The zero-order valence-corrected chi connectivity index (χ0v) is 17.8. The van der Waals surface area contributed by atoms with Crippen molar-refractivity contribution in [2.45, 2.75) is 19.9 Å². The SMILES string of the molecule is Cc1nc2c(C(N)=O)cccn2c1-c1nc2c(c(NCc3cccc(F)c3)n1)N(C)CC2. The van der Waals surface area contributed by atoms with Gasteiger partial charge in [0.15, 0.2) is 11.6 Å². The van der Waals surface area contributed by atoms with E-state index >= 15 is 0 Å². The number of hydrogen-bond donors (Lipinski definition) is 2. The summed E-state index contributed by atoms with van der Waals surface area (Å²) in [5, 5.41) is 3.36. The molecular formula is C23H22FN7O. The van der Waals surface area contributed by atoms with Crippen LogP contribution in [-0.4, -0.2) is 38.9 Å². The van der Waals surface area contributed by atoms with Crippen LogP contribution in [0.25, 0.3) is 17.2 Å². The van der Waals surface area contributed by atoms with Gasteiger partial charge in [-0.25, -0.2) is 19.3 Å². The van der Waals surface area contributed by atoms with E-state index in [2.05, 4.69) is 15.2 Å². The van der Waals surface area contributed by atoms with E-state index in [1.165, 1.54) is 12.1 Å². The highest BCUT2D eigenvalue weighted by Gasteiger charge is 2.26. The molecule has 0 spiro atoms. The van der Waals surface area contributed by atoms with E-state index in [-0.39, 0.29) is 5.82 Å². The van der Waals surface area contributed by atoms with E-state index in [4.69, 9.17) is 15.7 Å². The quantitative estimate of drug-likeness (QED) is 0.504. The molecule has 0 atom stereocenters. The minimum absolute atomic E-state index is 0.276. The van der Waals surface area contributed by atoms with Gasteiger partial charge in [-0.1, -0.05) is 12.1 Å². The van der Waals surface area contributed by atoms with E-state index in [1.807, 2.05) is 26.2 Å². The zero-order chi connectivity index (χ0) is 22.4. The molecule has 5 rings (SSSR count). The first-order valence-corrected chi connectivity index (χ1v) is 10.3. The Balaban J connectivity index is 1.62. The second kappa shape index (κ2) is 7.60. The topological polar surface area (TPSA) is 101 Å². The number of aromatic nitrogens is 4. The van der Waals surface area contributed by atoms with Crippen molar-refractivity contribution in [1.29, 1.82) is 0 Å². The number of imidazole rings is 1. The normalized spacial score (nSPS) is 12.9. The van der Waals surface area contributed by atoms with Gasteiger partial charge in [-0.05, 0) is 36.8 Å². The van der Waals surface area contributed by atoms with Crippen molar-refractivity contribution < 1.29 is 9.18 Å². The number of nitrogens with one attached hydrogen (secondary N) is 1. The fourth-order valence-corrected chi connectivity index (χ4v) is 4.17. The number of benzene rings is 1. The number of primary amides is 1. The molecule has 0 fully saturated rings. The lowest BCUT2D eigenvalue weighted by Crippen LogP contribution is -2.16. The fourth-order valence-electron chi connectivity index (χ4n) is 4.17. The predicted molar refractivity (Wildman–Crippen MR) is 120 cm³/mol. The van der Waals surface area contributed by atoms with Crippen LogP contribution in [0.2, 0.25) is 0 Å². The molecule has 0 unspecified atom stereocenters. The van der Waals surface area contributed by atoms with Crippen molar-refractivity contribution >= 4 is 23.1 Å². The Labute approximate surface area is 183 Å². The van der Waals surface area contributed by atoms with Crippen LogP contribution in [0.15, 0.2) is 42.6 Å². The Morgan fingerprint density at radius 1 is 1.22 bits per heavy atom. The molecule has 0 radical (unpaired) electrons. The van der Waals surface area contributed by atoms with Gasteiger partial charge >= 0.3 is 0 Å². The summed E-state index contributed by atoms with van der Waals surface area (Å²) < 4.78 is 15.4. The van der Waals surface area contributed by atoms with Gasteiger partial charge in [0.05, 0.1) is 17.0 Å². The van der Waals surface area contributed by atoms with E-state index in [1.54, 1.807) is 22.6 Å². The number of amides is 1. The summed E-state index contributed by atoms with van der Waals surface area (Å²) in [4.78, 5) is 28.2. The third kappa shape index (κ3) is 3.31. The molecule has 1 aliphatic rings. The largest absolute Gasteiger partial charge is 0.370 e. The van der Waals surface area contributed by atoms with Crippen molar-refractivity contribution in [3.05, 3.63) is 70.9 Å². The number of carbonyl (C=O) groups excluding carboxylic acids is 1. The maximum atomic E-state index is 13.6. The van der Waals surface area contributed by atoms with Crippen LogP contribution in [0.5, 0.6) is 0 Å². The summed E-state index contributed by atoms with van der Waals surface area (Å²) in [5.74, 6) is 0.366. The van der Waals surface area contributed by atoms with Gasteiger partial charge in [0, 0.05) is 32.8 Å². The lowest BCUT2D eigenvalue weighted by atomic mass is 10.2. The third-order valence-electron chi connectivity index (χ3n) is 5.67. The smallest absolute Gasteiger partial charge is 0.252 e. The lowest BCUT2D eigenvalue weighted by molar-refractivity contribution is 0.100. The molecular weight excluding hydrogens is 409 g/mol. The maximum Gasteiger partial charge on any atom is 0.252 e. The first kappa shape index (κ1) is 19.9. The Kier molecular flexibility index (Phi) is 4.73. The first-order chi connectivity index (χ1) is 15.4. The minimum Gasteiger partial charge on any atom is -0.370 e. The predicted octanol–water partition coefficient (Wildman–Crippen LogP) is 2.94. The highest BCUT2D eigenvalue weighted by molar-refractivity contribution is 5.99. The molecule has 0 saturated heterocycles. The van der Waals surface area contributed by atoms with E-state index < -0.39 is 5.91 Å². The van der Waals surface area contributed by atoms with Crippen LogP contribution in [0.4, 0.5) is 15.9 Å². The molecule has 0 aliphatic carbocycles. The van der Waals surface area contributed by atoms with Crippen LogP contribution in [-0.2, 0) is 13.0 Å². The van der Waals surface area contributed by atoms with Crippen LogP contribution >= 0.6 is 0 Å². The maximum absolute atomic E-state index is 13.6.